The fraction of sp³-hybridized carbons (Fsp3) is 1.00. The van der Waals surface area contributed by atoms with Gasteiger partial charge >= 0.3 is 0 Å². The van der Waals surface area contributed by atoms with Crippen LogP contribution in [0.15, 0.2) is 0 Å². The fourth-order valence-corrected chi connectivity index (χ4v) is 3.05. The van der Waals surface area contributed by atoms with Crippen LogP contribution in [0.4, 0.5) is 0 Å². The van der Waals surface area contributed by atoms with Crippen LogP contribution >= 0.6 is 0 Å². The molecule has 2 fully saturated rings. The Balaban J connectivity index is 2.33. The van der Waals surface area contributed by atoms with Crippen molar-refractivity contribution in [2.24, 2.45) is 16.7 Å². The van der Waals surface area contributed by atoms with E-state index in [9.17, 15) is 0 Å². The first-order valence-electron chi connectivity index (χ1n) is 4.88. The maximum Gasteiger partial charge on any atom is 0.0815 e. The van der Waals surface area contributed by atoms with Gasteiger partial charge in [-0.15, -0.1) is 0 Å². The Morgan fingerprint density at radius 1 is 1.27 bits per heavy atom. The van der Waals surface area contributed by atoms with Crippen LogP contribution in [0.1, 0.15) is 33.6 Å². The van der Waals surface area contributed by atoms with Gasteiger partial charge in [-0.05, 0) is 18.3 Å². The lowest BCUT2D eigenvalue weighted by Crippen LogP contribution is -2.91. The number of hydrogen-bond donors (Lipinski definition) is 1. The summed E-state index contributed by atoms with van der Waals surface area (Å²) in [5.41, 5.74) is 1.25. The molecule has 1 aliphatic heterocycles. The van der Waals surface area contributed by atoms with Crippen LogP contribution in [0.3, 0.4) is 0 Å². The molecule has 1 heterocycles. The molecule has 1 heteroatoms. The minimum atomic E-state index is 0.613. The van der Waals surface area contributed by atoms with Crippen LogP contribution in [-0.2, 0) is 0 Å². The van der Waals surface area contributed by atoms with Crippen molar-refractivity contribution in [2.45, 2.75) is 33.6 Å². The van der Waals surface area contributed by atoms with E-state index in [1.165, 1.54) is 25.9 Å². The molecule has 0 aromatic rings. The van der Waals surface area contributed by atoms with Crippen LogP contribution in [0, 0.1) is 16.7 Å². The first-order chi connectivity index (χ1) is 5.06. The smallest absolute Gasteiger partial charge is 0.0815 e. The molecule has 2 rings (SSSR count). The highest BCUT2D eigenvalue weighted by Gasteiger charge is 2.55. The zero-order valence-corrected chi connectivity index (χ0v) is 7.98. The van der Waals surface area contributed by atoms with Gasteiger partial charge in [-0.3, -0.25) is 0 Å². The van der Waals surface area contributed by atoms with Gasteiger partial charge in [0.15, 0.2) is 0 Å². The Morgan fingerprint density at radius 2 is 2.00 bits per heavy atom. The predicted molar refractivity (Wildman–Crippen MR) is 46.3 cm³/mol. The lowest BCUT2D eigenvalue weighted by atomic mass is 9.64. The molecule has 1 saturated heterocycles. The number of hydrogen-bond acceptors (Lipinski definition) is 0. The molecule has 1 saturated carbocycles. The standard InChI is InChI=1S/C10H19N/c1-9(2)8-4-5-10(9,3)7-11-6-8/h8,11H,4-7H2,1-3H3/p+1/t8-,10+/m1/s1. The van der Waals surface area contributed by atoms with Crippen molar-refractivity contribution in [1.82, 2.24) is 0 Å². The van der Waals surface area contributed by atoms with Gasteiger partial charge in [0.05, 0.1) is 13.1 Å². The Bertz CT molecular complexity index is 167. The maximum atomic E-state index is 2.52. The van der Waals surface area contributed by atoms with Gasteiger partial charge in [-0.1, -0.05) is 20.8 Å². The number of rotatable bonds is 0. The van der Waals surface area contributed by atoms with E-state index in [0.29, 0.717) is 10.8 Å². The van der Waals surface area contributed by atoms with E-state index >= 15 is 0 Å². The van der Waals surface area contributed by atoms with Crippen LogP contribution in [0.25, 0.3) is 0 Å². The minimum absolute atomic E-state index is 0.613. The molecule has 1 nitrogen and oxygen atoms in total. The van der Waals surface area contributed by atoms with Crippen molar-refractivity contribution in [2.75, 3.05) is 13.1 Å². The normalized spacial score (nSPS) is 47.7. The number of quaternary nitrogens is 1. The summed E-state index contributed by atoms with van der Waals surface area (Å²) in [4.78, 5) is 0. The Morgan fingerprint density at radius 3 is 2.55 bits per heavy atom. The lowest BCUT2D eigenvalue weighted by molar-refractivity contribution is -0.685. The van der Waals surface area contributed by atoms with E-state index in [2.05, 4.69) is 26.1 Å². The second kappa shape index (κ2) is 2.01. The largest absolute Gasteiger partial charge is 0.346 e. The maximum absolute atomic E-state index is 2.52. The van der Waals surface area contributed by atoms with Crippen molar-refractivity contribution in [1.29, 1.82) is 0 Å². The van der Waals surface area contributed by atoms with Crippen molar-refractivity contribution in [3.63, 3.8) is 0 Å². The number of fused-ring (bicyclic) bond motifs is 2. The molecule has 0 spiro atoms. The highest BCUT2D eigenvalue weighted by atomic mass is 14.9. The molecule has 0 aromatic heterocycles. The highest BCUT2D eigenvalue weighted by molar-refractivity contribution is 5.01. The van der Waals surface area contributed by atoms with Gasteiger partial charge in [-0.25, -0.2) is 0 Å². The van der Waals surface area contributed by atoms with Gasteiger partial charge in [-0.2, -0.15) is 0 Å². The molecule has 2 aliphatic rings. The predicted octanol–water partition coefficient (Wildman–Crippen LogP) is 1.01. The van der Waals surface area contributed by atoms with E-state index in [1.807, 2.05) is 0 Å². The molecule has 0 radical (unpaired) electrons. The molecule has 2 atom stereocenters. The van der Waals surface area contributed by atoms with E-state index in [1.54, 1.807) is 0 Å². The molecule has 0 amide bonds. The van der Waals surface area contributed by atoms with Crippen molar-refractivity contribution < 1.29 is 5.32 Å². The van der Waals surface area contributed by atoms with Gasteiger partial charge < -0.3 is 5.32 Å². The molecule has 2 bridgehead atoms. The Labute approximate surface area is 69.6 Å². The first kappa shape index (κ1) is 7.60. The average Bonchev–Trinajstić information content (AvgIpc) is 2.17. The summed E-state index contributed by atoms with van der Waals surface area (Å²) in [5, 5.41) is 2.52. The summed E-state index contributed by atoms with van der Waals surface area (Å²) in [6.45, 7) is 10.1. The Hall–Kier alpha value is -0.0400. The number of piperidine rings is 1. The zero-order valence-electron chi connectivity index (χ0n) is 7.98. The summed E-state index contributed by atoms with van der Waals surface area (Å²) < 4.78 is 0. The highest BCUT2D eigenvalue weighted by Crippen LogP contribution is 2.55. The van der Waals surface area contributed by atoms with Gasteiger partial charge in [0, 0.05) is 11.3 Å². The van der Waals surface area contributed by atoms with E-state index in [-0.39, 0.29) is 0 Å². The first-order valence-corrected chi connectivity index (χ1v) is 4.88. The quantitative estimate of drug-likeness (QED) is 0.536. The lowest BCUT2D eigenvalue weighted by Gasteiger charge is -2.43. The molecule has 0 aromatic carbocycles. The summed E-state index contributed by atoms with van der Waals surface area (Å²) in [6.07, 6.45) is 2.93. The molecule has 64 valence electrons. The zero-order chi connectivity index (χ0) is 8.11. The van der Waals surface area contributed by atoms with Crippen molar-refractivity contribution in [3.8, 4) is 0 Å². The van der Waals surface area contributed by atoms with Gasteiger partial charge in [0.25, 0.3) is 0 Å². The molecule has 1 aliphatic carbocycles. The summed E-state index contributed by atoms with van der Waals surface area (Å²) in [7, 11) is 0. The molecule has 11 heavy (non-hydrogen) atoms. The summed E-state index contributed by atoms with van der Waals surface area (Å²) in [6, 6.07) is 0. The fourth-order valence-electron chi connectivity index (χ4n) is 3.05. The summed E-state index contributed by atoms with van der Waals surface area (Å²) in [5.74, 6) is 0.987. The number of nitrogens with two attached hydrogens (primary N) is 1. The van der Waals surface area contributed by atoms with E-state index < -0.39 is 0 Å². The SMILES string of the molecule is CC1(C)[C@@H]2CC[C@@]1(C)C[NH2+]C2. The van der Waals surface area contributed by atoms with Gasteiger partial charge in [0.2, 0.25) is 0 Å². The van der Waals surface area contributed by atoms with Crippen molar-refractivity contribution in [3.05, 3.63) is 0 Å². The molecule has 2 N–H and O–H groups in total. The molecule has 0 unspecified atom stereocenters. The average molecular weight is 154 g/mol. The third kappa shape index (κ3) is 0.807. The second-order valence-corrected chi connectivity index (χ2v) is 5.25. The second-order valence-electron chi connectivity index (χ2n) is 5.25. The van der Waals surface area contributed by atoms with E-state index in [0.717, 1.165) is 5.92 Å². The molecular weight excluding hydrogens is 134 g/mol. The van der Waals surface area contributed by atoms with Crippen LogP contribution in [-0.4, -0.2) is 13.1 Å². The third-order valence-electron chi connectivity index (χ3n) is 4.67. The molecular formula is C10H20N+. The third-order valence-corrected chi connectivity index (χ3v) is 4.67. The summed E-state index contributed by atoms with van der Waals surface area (Å²) >= 11 is 0. The van der Waals surface area contributed by atoms with Crippen LogP contribution in [0.5, 0.6) is 0 Å². The van der Waals surface area contributed by atoms with Crippen LogP contribution in [0.2, 0.25) is 0 Å². The topological polar surface area (TPSA) is 16.6 Å². The van der Waals surface area contributed by atoms with Gasteiger partial charge in [0.1, 0.15) is 0 Å². The van der Waals surface area contributed by atoms with Crippen molar-refractivity contribution >= 4 is 0 Å². The Kier molecular flexibility index (Phi) is 1.39. The van der Waals surface area contributed by atoms with Crippen LogP contribution < -0.4 is 5.32 Å². The van der Waals surface area contributed by atoms with E-state index in [4.69, 9.17) is 0 Å². The minimum Gasteiger partial charge on any atom is -0.346 e. The monoisotopic (exact) mass is 154 g/mol.